The van der Waals surface area contributed by atoms with Crippen molar-refractivity contribution >= 4 is 39.9 Å². The number of aromatic nitrogens is 4. The van der Waals surface area contributed by atoms with Gasteiger partial charge in [-0.1, -0.05) is 0 Å². The summed E-state index contributed by atoms with van der Waals surface area (Å²) in [5.74, 6) is -0.894. The standard InChI is InChI=1S/C29H34FN7O3/c1-17-13-36-14-18(12-23(30)26(36)31-17)32-27(38)21-8-9-24(22-16-34(5)33-25(21)22)35-11-10-20(15-35)37(19-6-7-19)28(39)40-29(2,3)4/h8-9,12-14,16,19-20H,6-7,10-11,15H2,1-5H3,(H,32,38)/t20-/m0/s1. The summed E-state index contributed by atoms with van der Waals surface area (Å²) >= 11 is 0. The van der Waals surface area contributed by atoms with Crippen molar-refractivity contribution in [2.75, 3.05) is 23.3 Å². The normalized spacial score (nSPS) is 17.6. The van der Waals surface area contributed by atoms with Crippen LogP contribution in [0, 0.1) is 12.7 Å². The minimum absolute atomic E-state index is 0.0497. The highest BCUT2D eigenvalue weighted by Gasteiger charge is 2.42. The molecule has 2 fully saturated rings. The highest BCUT2D eigenvalue weighted by atomic mass is 19.1. The van der Waals surface area contributed by atoms with E-state index in [1.165, 1.54) is 6.07 Å². The summed E-state index contributed by atoms with van der Waals surface area (Å²) in [4.78, 5) is 34.8. The van der Waals surface area contributed by atoms with E-state index in [9.17, 15) is 14.0 Å². The van der Waals surface area contributed by atoms with Gasteiger partial charge in [-0.15, -0.1) is 0 Å². The van der Waals surface area contributed by atoms with Crippen LogP contribution in [0.1, 0.15) is 56.1 Å². The Balaban J connectivity index is 1.25. The van der Waals surface area contributed by atoms with E-state index in [2.05, 4.69) is 20.3 Å². The number of ether oxygens (including phenoxy) is 1. The largest absolute Gasteiger partial charge is 0.444 e. The van der Waals surface area contributed by atoms with Crippen molar-refractivity contribution in [1.29, 1.82) is 0 Å². The molecule has 0 bridgehead atoms. The van der Waals surface area contributed by atoms with Crippen molar-refractivity contribution in [3.63, 3.8) is 0 Å². The van der Waals surface area contributed by atoms with Gasteiger partial charge in [-0.05, 0) is 59.1 Å². The van der Waals surface area contributed by atoms with Gasteiger partial charge in [-0.3, -0.25) is 9.48 Å². The molecule has 11 heteroatoms. The van der Waals surface area contributed by atoms with E-state index in [1.807, 2.05) is 45.0 Å². The van der Waals surface area contributed by atoms with E-state index >= 15 is 0 Å². The number of amides is 2. The molecule has 1 aliphatic carbocycles. The number of carbonyl (C=O) groups is 2. The van der Waals surface area contributed by atoms with Crippen LogP contribution in [-0.4, -0.2) is 66.8 Å². The van der Waals surface area contributed by atoms with Crippen LogP contribution in [0.25, 0.3) is 16.6 Å². The zero-order valence-electron chi connectivity index (χ0n) is 23.4. The molecule has 1 saturated heterocycles. The first kappa shape index (κ1) is 26.1. The highest BCUT2D eigenvalue weighted by molar-refractivity contribution is 6.14. The van der Waals surface area contributed by atoms with Gasteiger partial charge in [0.15, 0.2) is 11.5 Å². The molecular formula is C29H34FN7O3. The minimum atomic E-state index is -0.546. The lowest BCUT2D eigenvalue weighted by atomic mass is 10.1. The van der Waals surface area contributed by atoms with Crippen molar-refractivity contribution in [3.8, 4) is 0 Å². The topological polar surface area (TPSA) is 97.0 Å². The predicted molar refractivity (Wildman–Crippen MR) is 150 cm³/mol. The molecule has 210 valence electrons. The molecule has 1 saturated carbocycles. The second-order valence-corrected chi connectivity index (χ2v) is 11.8. The SMILES string of the molecule is Cc1cn2cc(NC(=O)c3ccc(N4CC[C@H](N(C(=O)OC(C)(C)C)C5CC5)C4)c4cn(C)nc34)cc(F)c2n1. The van der Waals surface area contributed by atoms with Crippen molar-refractivity contribution in [2.24, 2.45) is 7.05 Å². The second-order valence-electron chi connectivity index (χ2n) is 11.8. The van der Waals surface area contributed by atoms with Crippen LogP contribution in [0.2, 0.25) is 0 Å². The number of imidazole rings is 1. The molecule has 1 aliphatic heterocycles. The van der Waals surface area contributed by atoms with Gasteiger partial charge >= 0.3 is 6.09 Å². The van der Waals surface area contributed by atoms with E-state index < -0.39 is 11.4 Å². The first-order valence-corrected chi connectivity index (χ1v) is 13.7. The second kappa shape index (κ2) is 9.50. The lowest BCUT2D eigenvalue weighted by Gasteiger charge is -2.32. The highest BCUT2D eigenvalue weighted by Crippen LogP contribution is 2.36. The van der Waals surface area contributed by atoms with Gasteiger partial charge in [0.2, 0.25) is 0 Å². The molecule has 40 heavy (non-hydrogen) atoms. The summed E-state index contributed by atoms with van der Waals surface area (Å²) in [6, 6.07) is 5.24. The monoisotopic (exact) mass is 547 g/mol. The van der Waals surface area contributed by atoms with Gasteiger partial charge in [0.1, 0.15) is 11.1 Å². The first-order valence-electron chi connectivity index (χ1n) is 13.7. The van der Waals surface area contributed by atoms with E-state index in [0.717, 1.165) is 36.9 Å². The Kier molecular flexibility index (Phi) is 6.19. The number of halogens is 1. The summed E-state index contributed by atoms with van der Waals surface area (Å²) in [6.07, 6.45) is 7.84. The van der Waals surface area contributed by atoms with E-state index in [-0.39, 0.29) is 29.7 Å². The average Bonchev–Trinajstić information content (AvgIpc) is 3.23. The van der Waals surface area contributed by atoms with Gasteiger partial charge in [-0.25, -0.2) is 14.2 Å². The Labute approximate surface area is 231 Å². The minimum Gasteiger partial charge on any atom is -0.444 e. The number of nitrogens with zero attached hydrogens (tertiary/aromatic N) is 6. The van der Waals surface area contributed by atoms with Gasteiger partial charge in [0.25, 0.3) is 5.91 Å². The Morgan fingerprint density at radius 2 is 1.90 bits per heavy atom. The van der Waals surface area contributed by atoms with Crippen molar-refractivity contribution in [1.82, 2.24) is 24.1 Å². The molecule has 0 spiro atoms. The van der Waals surface area contributed by atoms with Crippen LogP contribution in [0.5, 0.6) is 0 Å². The van der Waals surface area contributed by atoms with Crippen LogP contribution in [0.15, 0.2) is 36.8 Å². The molecule has 1 N–H and O–H groups in total. The summed E-state index contributed by atoms with van der Waals surface area (Å²) in [7, 11) is 1.82. The number of nitrogens with one attached hydrogen (secondary N) is 1. The molecule has 6 rings (SSSR count). The summed E-state index contributed by atoms with van der Waals surface area (Å²) in [6.45, 7) is 8.90. The first-order chi connectivity index (χ1) is 19.0. The van der Waals surface area contributed by atoms with Gasteiger partial charge < -0.3 is 24.3 Å². The fourth-order valence-corrected chi connectivity index (χ4v) is 5.56. The van der Waals surface area contributed by atoms with Crippen LogP contribution >= 0.6 is 0 Å². The fraction of sp³-hybridized carbons (Fsp3) is 0.448. The van der Waals surface area contributed by atoms with Gasteiger partial charge in [0, 0.05) is 61.9 Å². The maximum Gasteiger partial charge on any atom is 0.410 e. The van der Waals surface area contributed by atoms with Crippen molar-refractivity contribution in [3.05, 3.63) is 53.9 Å². The van der Waals surface area contributed by atoms with Crippen LogP contribution in [-0.2, 0) is 11.8 Å². The van der Waals surface area contributed by atoms with Crippen LogP contribution in [0.4, 0.5) is 20.6 Å². The maximum absolute atomic E-state index is 14.6. The molecule has 4 heterocycles. The number of carbonyl (C=O) groups excluding carboxylic acids is 2. The molecular weight excluding hydrogens is 513 g/mol. The predicted octanol–water partition coefficient (Wildman–Crippen LogP) is 4.90. The molecule has 1 atom stereocenters. The van der Waals surface area contributed by atoms with Crippen LogP contribution < -0.4 is 10.2 Å². The van der Waals surface area contributed by atoms with Crippen molar-refractivity contribution < 1.29 is 18.7 Å². The third-order valence-corrected chi connectivity index (χ3v) is 7.34. The average molecular weight is 548 g/mol. The number of benzene rings is 1. The number of fused-ring (bicyclic) bond motifs is 2. The van der Waals surface area contributed by atoms with Gasteiger partial charge in [-0.2, -0.15) is 5.10 Å². The number of pyridine rings is 1. The molecule has 10 nitrogen and oxygen atoms in total. The Morgan fingerprint density at radius 1 is 1.12 bits per heavy atom. The van der Waals surface area contributed by atoms with Crippen molar-refractivity contribution in [2.45, 2.75) is 64.6 Å². The number of rotatable bonds is 5. The Hall–Kier alpha value is -4.15. The zero-order chi connectivity index (χ0) is 28.3. The maximum atomic E-state index is 14.6. The van der Waals surface area contributed by atoms with E-state index in [4.69, 9.17) is 4.74 Å². The molecule has 3 aromatic heterocycles. The lowest BCUT2D eigenvalue weighted by Crippen LogP contribution is -2.46. The number of aryl methyl sites for hydroxylation is 2. The molecule has 4 aromatic rings. The Morgan fingerprint density at radius 3 is 2.62 bits per heavy atom. The number of hydrogen-bond acceptors (Lipinski definition) is 6. The van der Waals surface area contributed by atoms with Crippen LogP contribution in [0.3, 0.4) is 0 Å². The Bertz CT molecular complexity index is 1630. The zero-order valence-corrected chi connectivity index (χ0v) is 23.4. The van der Waals surface area contributed by atoms with E-state index in [0.29, 0.717) is 29.0 Å². The van der Waals surface area contributed by atoms with Gasteiger partial charge in [0.05, 0.1) is 23.0 Å². The molecule has 0 radical (unpaired) electrons. The molecule has 2 amide bonds. The van der Waals surface area contributed by atoms with E-state index in [1.54, 1.807) is 34.5 Å². The summed E-state index contributed by atoms with van der Waals surface area (Å²) in [5.41, 5.74) is 2.59. The summed E-state index contributed by atoms with van der Waals surface area (Å²) in [5, 5.41) is 8.25. The molecule has 2 aliphatic rings. The summed E-state index contributed by atoms with van der Waals surface area (Å²) < 4.78 is 23.6. The number of anilines is 2. The fourth-order valence-electron chi connectivity index (χ4n) is 5.56. The smallest absolute Gasteiger partial charge is 0.410 e. The third kappa shape index (κ3) is 4.96. The molecule has 0 unspecified atom stereocenters. The lowest BCUT2D eigenvalue weighted by molar-refractivity contribution is 0.0158. The number of hydrogen-bond donors (Lipinski definition) is 1. The third-order valence-electron chi connectivity index (χ3n) is 7.34. The quantitative estimate of drug-likeness (QED) is 0.382. The molecule has 1 aromatic carbocycles.